The van der Waals surface area contributed by atoms with Crippen molar-refractivity contribution in [3.8, 4) is 0 Å². The molecule has 3 nitrogen and oxygen atoms in total. The van der Waals surface area contributed by atoms with Crippen molar-refractivity contribution in [2.45, 2.75) is 38.5 Å². The van der Waals surface area contributed by atoms with Gasteiger partial charge in [0.15, 0.2) is 0 Å². The van der Waals surface area contributed by atoms with Crippen molar-refractivity contribution >= 4 is 18.3 Å². The highest BCUT2D eigenvalue weighted by Crippen LogP contribution is 2.23. The van der Waals surface area contributed by atoms with E-state index in [1.165, 1.54) is 18.6 Å². The molecule has 1 atom stereocenters. The lowest BCUT2D eigenvalue weighted by Gasteiger charge is -2.26. The van der Waals surface area contributed by atoms with Gasteiger partial charge in [-0.2, -0.15) is 0 Å². The number of amides is 1. The maximum absolute atomic E-state index is 13.3. The highest BCUT2D eigenvalue weighted by Gasteiger charge is 2.22. The maximum Gasteiger partial charge on any atom is 0.220 e. The van der Waals surface area contributed by atoms with Crippen LogP contribution in [0.2, 0.25) is 0 Å². The van der Waals surface area contributed by atoms with E-state index in [9.17, 15) is 9.18 Å². The quantitative estimate of drug-likeness (QED) is 0.842. The zero-order valence-electron chi connectivity index (χ0n) is 13.3. The first kappa shape index (κ1) is 18.9. The Balaban J connectivity index is 0.00000242. The number of rotatable bonds is 6. The van der Waals surface area contributed by atoms with Gasteiger partial charge in [-0.25, -0.2) is 4.39 Å². The summed E-state index contributed by atoms with van der Waals surface area (Å²) in [5, 5.41) is 6.29. The van der Waals surface area contributed by atoms with E-state index in [0.717, 1.165) is 25.1 Å². The van der Waals surface area contributed by atoms with Crippen molar-refractivity contribution in [2.24, 2.45) is 5.92 Å². The van der Waals surface area contributed by atoms with Gasteiger partial charge in [0.05, 0.1) is 0 Å². The molecule has 2 rings (SSSR count). The standard InChI is InChI=1S/C17H25FN2O.ClH/c1-17(2,14-4-3-5-15(18)10-14)12-20-16(21)7-6-13-8-9-19-11-13;/h3-5,10,13,19H,6-9,11-12H2,1-2H3,(H,20,21);1H. The van der Waals surface area contributed by atoms with Gasteiger partial charge in [-0.3, -0.25) is 4.79 Å². The van der Waals surface area contributed by atoms with Crippen molar-refractivity contribution in [1.29, 1.82) is 0 Å². The molecule has 0 bridgehead atoms. The van der Waals surface area contributed by atoms with Crippen LogP contribution >= 0.6 is 12.4 Å². The Labute approximate surface area is 138 Å². The lowest BCUT2D eigenvalue weighted by molar-refractivity contribution is -0.121. The minimum atomic E-state index is -0.271. The third kappa shape index (κ3) is 5.58. The summed E-state index contributed by atoms with van der Waals surface area (Å²) >= 11 is 0. The molecule has 1 aliphatic rings. The summed E-state index contributed by atoms with van der Waals surface area (Å²) in [6.07, 6.45) is 2.69. The molecule has 5 heteroatoms. The van der Waals surface area contributed by atoms with E-state index >= 15 is 0 Å². The fourth-order valence-corrected chi connectivity index (χ4v) is 2.72. The molecule has 0 aromatic heterocycles. The molecule has 0 saturated carbocycles. The first-order chi connectivity index (χ1) is 9.97. The lowest BCUT2D eigenvalue weighted by atomic mass is 9.84. The molecule has 0 spiro atoms. The summed E-state index contributed by atoms with van der Waals surface area (Å²) in [4.78, 5) is 11.9. The molecule has 1 aromatic rings. The van der Waals surface area contributed by atoms with Crippen molar-refractivity contribution in [1.82, 2.24) is 10.6 Å². The molecule has 0 aliphatic carbocycles. The van der Waals surface area contributed by atoms with Crippen LogP contribution in [0.5, 0.6) is 0 Å². The van der Waals surface area contributed by atoms with E-state index < -0.39 is 0 Å². The SMILES string of the molecule is CC(C)(CNC(=O)CCC1CCNC1)c1cccc(F)c1.Cl. The molecule has 1 saturated heterocycles. The van der Waals surface area contributed by atoms with E-state index in [2.05, 4.69) is 10.6 Å². The number of hydrogen-bond acceptors (Lipinski definition) is 2. The monoisotopic (exact) mass is 328 g/mol. The molecule has 0 radical (unpaired) electrons. The van der Waals surface area contributed by atoms with Crippen molar-refractivity contribution in [3.63, 3.8) is 0 Å². The van der Waals surface area contributed by atoms with Gasteiger partial charge in [0.1, 0.15) is 5.82 Å². The van der Waals surface area contributed by atoms with E-state index in [-0.39, 0.29) is 29.5 Å². The van der Waals surface area contributed by atoms with Gasteiger partial charge in [0.25, 0.3) is 0 Å². The summed E-state index contributed by atoms with van der Waals surface area (Å²) in [6, 6.07) is 6.59. The predicted octanol–water partition coefficient (Wildman–Crippen LogP) is 3.03. The Morgan fingerprint density at radius 2 is 2.23 bits per heavy atom. The average Bonchev–Trinajstić information content (AvgIpc) is 2.96. The van der Waals surface area contributed by atoms with Gasteiger partial charge >= 0.3 is 0 Å². The average molecular weight is 329 g/mol. The number of carbonyl (C=O) groups excluding carboxylic acids is 1. The summed E-state index contributed by atoms with van der Waals surface area (Å²) in [5.74, 6) is 0.485. The minimum Gasteiger partial charge on any atom is -0.355 e. The fraction of sp³-hybridized carbons (Fsp3) is 0.588. The van der Waals surface area contributed by atoms with Gasteiger partial charge in [-0.05, 0) is 49.5 Å². The topological polar surface area (TPSA) is 41.1 Å². The summed E-state index contributed by atoms with van der Waals surface area (Å²) in [6.45, 7) is 6.66. The van der Waals surface area contributed by atoms with Crippen molar-refractivity contribution < 1.29 is 9.18 Å². The number of hydrogen-bond donors (Lipinski definition) is 2. The van der Waals surface area contributed by atoms with E-state index in [1.807, 2.05) is 19.9 Å². The normalized spacial score (nSPS) is 17.9. The van der Waals surface area contributed by atoms with Crippen LogP contribution in [0.4, 0.5) is 4.39 Å². The van der Waals surface area contributed by atoms with Gasteiger partial charge in [0, 0.05) is 18.4 Å². The Hall–Kier alpha value is -1.13. The molecule has 22 heavy (non-hydrogen) atoms. The molecule has 1 heterocycles. The molecule has 1 fully saturated rings. The maximum atomic E-state index is 13.3. The number of carbonyl (C=O) groups is 1. The molecule has 1 amide bonds. The molecular weight excluding hydrogens is 303 g/mol. The molecule has 1 aromatic carbocycles. The third-order valence-corrected chi connectivity index (χ3v) is 4.28. The predicted molar refractivity (Wildman–Crippen MR) is 89.9 cm³/mol. The molecule has 124 valence electrons. The zero-order valence-corrected chi connectivity index (χ0v) is 14.1. The number of nitrogens with one attached hydrogen (secondary N) is 2. The largest absolute Gasteiger partial charge is 0.355 e. The number of halogens is 2. The van der Waals surface area contributed by atoms with Crippen LogP contribution in [0.25, 0.3) is 0 Å². The smallest absolute Gasteiger partial charge is 0.220 e. The first-order valence-corrected chi connectivity index (χ1v) is 7.71. The van der Waals surface area contributed by atoms with Gasteiger partial charge in [0.2, 0.25) is 5.91 Å². The lowest BCUT2D eigenvalue weighted by Crippen LogP contribution is -2.36. The molecular formula is C17H26ClFN2O. The second kappa shape index (κ2) is 8.49. The van der Waals surface area contributed by atoms with Crippen LogP contribution in [-0.4, -0.2) is 25.5 Å². The van der Waals surface area contributed by atoms with Crippen LogP contribution in [-0.2, 0) is 10.2 Å². The Kier molecular flexibility index (Phi) is 7.30. The Morgan fingerprint density at radius 3 is 2.86 bits per heavy atom. The summed E-state index contributed by atoms with van der Waals surface area (Å²) in [5.41, 5.74) is 0.634. The Morgan fingerprint density at radius 1 is 1.45 bits per heavy atom. The minimum absolute atomic E-state index is 0. The second-order valence-electron chi connectivity index (χ2n) is 6.57. The van der Waals surface area contributed by atoms with Crippen molar-refractivity contribution in [3.05, 3.63) is 35.6 Å². The summed E-state index contributed by atoms with van der Waals surface area (Å²) in [7, 11) is 0. The highest BCUT2D eigenvalue weighted by atomic mass is 35.5. The van der Waals surface area contributed by atoms with Gasteiger partial charge in [-0.1, -0.05) is 26.0 Å². The number of benzene rings is 1. The van der Waals surface area contributed by atoms with Crippen LogP contribution in [0.15, 0.2) is 24.3 Å². The van der Waals surface area contributed by atoms with Crippen LogP contribution in [0, 0.1) is 11.7 Å². The van der Waals surface area contributed by atoms with Gasteiger partial charge in [-0.15, -0.1) is 12.4 Å². The highest BCUT2D eigenvalue weighted by molar-refractivity contribution is 5.85. The van der Waals surface area contributed by atoms with Crippen LogP contribution in [0.1, 0.15) is 38.7 Å². The van der Waals surface area contributed by atoms with Crippen LogP contribution < -0.4 is 10.6 Å². The van der Waals surface area contributed by atoms with Gasteiger partial charge < -0.3 is 10.6 Å². The molecule has 1 aliphatic heterocycles. The second-order valence-corrected chi connectivity index (χ2v) is 6.57. The first-order valence-electron chi connectivity index (χ1n) is 7.71. The van der Waals surface area contributed by atoms with Crippen molar-refractivity contribution in [2.75, 3.05) is 19.6 Å². The van der Waals surface area contributed by atoms with E-state index in [0.29, 0.717) is 18.9 Å². The van der Waals surface area contributed by atoms with E-state index in [4.69, 9.17) is 0 Å². The fourth-order valence-electron chi connectivity index (χ4n) is 2.72. The van der Waals surface area contributed by atoms with Crippen LogP contribution in [0.3, 0.4) is 0 Å². The summed E-state index contributed by atoms with van der Waals surface area (Å²) < 4.78 is 13.3. The van der Waals surface area contributed by atoms with E-state index in [1.54, 1.807) is 6.07 Å². The zero-order chi connectivity index (χ0) is 15.3. The molecule has 2 N–H and O–H groups in total. The third-order valence-electron chi connectivity index (χ3n) is 4.28. The molecule has 1 unspecified atom stereocenters. The Bertz CT molecular complexity index is 487.